The number of ketones is 1. The monoisotopic (exact) mass is 400 g/mol. The van der Waals surface area contributed by atoms with E-state index in [4.69, 9.17) is 4.74 Å². The van der Waals surface area contributed by atoms with Gasteiger partial charge in [0.1, 0.15) is 6.04 Å². The second-order valence-corrected chi connectivity index (χ2v) is 8.64. The maximum atomic E-state index is 12.6. The molecule has 3 fully saturated rings. The van der Waals surface area contributed by atoms with Crippen molar-refractivity contribution in [3.63, 3.8) is 0 Å². The number of imide groups is 1. The number of aromatic nitrogens is 1. The largest absolute Gasteiger partial charge is 0.456 e. The number of rotatable bonds is 6. The van der Waals surface area contributed by atoms with Crippen molar-refractivity contribution in [2.75, 3.05) is 6.61 Å². The number of carbonyl (C=O) groups excluding carboxylic acids is 4. The highest BCUT2D eigenvalue weighted by atomic mass is 16.5. The van der Waals surface area contributed by atoms with E-state index < -0.39 is 12.0 Å². The molecule has 0 bridgehead atoms. The van der Waals surface area contributed by atoms with E-state index >= 15 is 0 Å². The molecule has 0 unspecified atom stereocenters. The number of amides is 2. The lowest BCUT2D eigenvalue weighted by atomic mass is 9.81. The third-order valence-corrected chi connectivity index (χ3v) is 6.65. The molecule has 0 radical (unpaired) electrons. The molecule has 1 aromatic heterocycles. The summed E-state index contributed by atoms with van der Waals surface area (Å²) in [5.74, 6) is -2.14. The first-order chi connectivity index (χ1) is 13.8. The first kappa shape index (κ1) is 19.9. The molecular formula is C22H28N2O5. The Kier molecular flexibility index (Phi) is 5.09. The molecule has 4 rings (SSSR count). The summed E-state index contributed by atoms with van der Waals surface area (Å²) in [6.45, 7) is 4.99. The maximum absolute atomic E-state index is 12.6. The summed E-state index contributed by atoms with van der Waals surface area (Å²) in [5.41, 5.74) is 2.49. The topological polar surface area (TPSA) is 85.7 Å². The second kappa shape index (κ2) is 7.43. The molecule has 3 aliphatic rings. The highest BCUT2D eigenvalue weighted by Gasteiger charge is 2.51. The van der Waals surface area contributed by atoms with Crippen LogP contribution in [0.25, 0.3) is 0 Å². The number of likely N-dealkylation sites (tertiary alicyclic amines) is 1. The Bertz CT molecular complexity index is 858. The lowest BCUT2D eigenvalue weighted by Gasteiger charge is -2.21. The van der Waals surface area contributed by atoms with Gasteiger partial charge in [-0.05, 0) is 52.5 Å². The second-order valence-electron chi connectivity index (χ2n) is 8.64. The molecule has 0 aromatic carbocycles. The fourth-order valence-corrected chi connectivity index (χ4v) is 4.96. The van der Waals surface area contributed by atoms with Crippen LogP contribution < -0.4 is 0 Å². The number of ether oxygens (including phenoxy) is 1. The number of hydrogen-bond acceptors (Lipinski definition) is 5. The van der Waals surface area contributed by atoms with Gasteiger partial charge < -0.3 is 9.30 Å². The van der Waals surface area contributed by atoms with Gasteiger partial charge in [0.2, 0.25) is 17.6 Å². The average Bonchev–Trinajstić information content (AvgIpc) is 3.45. The van der Waals surface area contributed by atoms with Crippen LogP contribution in [0, 0.1) is 25.7 Å². The SMILES string of the molecule is Cc1cc(C(=O)COC(=O)[C@H](C)N2C(=O)[C@@H]3CCCC[C@H]3C2=O)c(C)n1C1CC1. The van der Waals surface area contributed by atoms with Crippen LogP contribution in [0.15, 0.2) is 6.07 Å². The van der Waals surface area contributed by atoms with Gasteiger partial charge in [-0.3, -0.25) is 19.3 Å². The van der Waals surface area contributed by atoms with E-state index in [1.807, 2.05) is 19.9 Å². The zero-order valence-corrected chi connectivity index (χ0v) is 17.3. The molecule has 7 heteroatoms. The summed E-state index contributed by atoms with van der Waals surface area (Å²) in [5, 5.41) is 0. The van der Waals surface area contributed by atoms with Gasteiger partial charge in [-0.15, -0.1) is 0 Å². The summed E-state index contributed by atoms with van der Waals surface area (Å²) in [7, 11) is 0. The Labute approximate surface area is 170 Å². The number of carbonyl (C=O) groups is 4. The Hall–Kier alpha value is -2.44. The third-order valence-electron chi connectivity index (χ3n) is 6.65. The number of aryl methyl sites for hydroxylation is 1. The van der Waals surface area contributed by atoms with E-state index in [1.54, 1.807) is 0 Å². The van der Waals surface area contributed by atoms with Crippen molar-refractivity contribution >= 4 is 23.6 Å². The van der Waals surface area contributed by atoms with Crippen molar-refractivity contribution in [3.05, 3.63) is 23.0 Å². The number of fused-ring (bicyclic) bond motifs is 1. The van der Waals surface area contributed by atoms with Crippen LogP contribution >= 0.6 is 0 Å². The molecule has 2 heterocycles. The Balaban J connectivity index is 1.39. The zero-order chi connectivity index (χ0) is 20.9. The van der Waals surface area contributed by atoms with Gasteiger partial charge in [0, 0.05) is 23.0 Å². The zero-order valence-electron chi connectivity index (χ0n) is 17.3. The van der Waals surface area contributed by atoms with Gasteiger partial charge in [0.15, 0.2) is 6.61 Å². The van der Waals surface area contributed by atoms with Crippen molar-refractivity contribution in [2.24, 2.45) is 11.8 Å². The molecule has 1 aromatic rings. The lowest BCUT2D eigenvalue weighted by molar-refractivity contribution is -0.157. The molecule has 1 saturated heterocycles. The molecule has 2 aliphatic carbocycles. The molecule has 7 nitrogen and oxygen atoms in total. The van der Waals surface area contributed by atoms with Crippen LogP contribution in [0.4, 0.5) is 0 Å². The van der Waals surface area contributed by atoms with Gasteiger partial charge in [-0.2, -0.15) is 0 Å². The molecular weight excluding hydrogens is 372 g/mol. The standard InChI is InChI=1S/C22H28N2O5/c1-12-10-18(13(2)23(12)15-8-9-15)19(25)11-29-22(28)14(3)24-20(26)16-6-4-5-7-17(16)21(24)27/h10,14-17H,4-9,11H2,1-3H3/t14-,16+,17+/m0/s1. The van der Waals surface area contributed by atoms with Crippen molar-refractivity contribution in [2.45, 2.75) is 71.4 Å². The Morgan fingerprint density at radius 1 is 1.07 bits per heavy atom. The van der Waals surface area contributed by atoms with Crippen molar-refractivity contribution in [1.29, 1.82) is 0 Å². The van der Waals surface area contributed by atoms with E-state index in [0.717, 1.165) is 42.0 Å². The predicted octanol–water partition coefficient (Wildman–Crippen LogP) is 2.73. The van der Waals surface area contributed by atoms with E-state index in [0.29, 0.717) is 24.4 Å². The van der Waals surface area contributed by atoms with Gasteiger partial charge in [0.25, 0.3) is 0 Å². The van der Waals surface area contributed by atoms with Crippen LogP contribution in [-0.2, 0) is 19.1 Å². The van der Waals surface area contributed by atoms with Crippen LogP contribution in [0.1, 0.15) is 73.2 Å². The van der Waals surface area contributed by atoms with E-state index in [2.05, 4.69) is 4.57 Å². The first-order valence-electron chi connectivity index (χ1n) is 10.6. The molecule has 3 atom stereocenters. The minimum Gasteiger partial charge on any atom is -0.456 e. The number of Topliss-reactive ketones (excluding diaryl/α,β-unsaturated/α-hetero) is 1. The minimum atomic E-state index is -1.01. The Morgan fingerprint density at radius 3 is 2.21 bits per heavy atom. The van der Waals surface area contributed by atoms with Gasteiger partial charge in [0.05, 0.1) is 11.8 Å². The average molecular weight is 400 g/mol. The summed E-state index contributed by atoms with van der Waals surface area (Å²) < 4.78 is 7.39. The molecule has 1 aliphatic heterocycles. The lowest BCUT2D eigenvalue weighted by Crippen LogP contribution is -2.44. The van der Waals surface area contributed by atoms with E-state index in [1.165, 1.54) is 6.92 Å². The van der Waals surface area contributed by atoms with Crippen molar-refractivity contribution in [3.8, 4) is 0 Å². The fourth-order valence-electron chi connectivity index (χ4n) is 4.96. The predicted molar refractivity (Wildman–Crippen MR) is 104 cm³/mol. The quantitative estimate of drug-likeness (QED) is 0.416. The summed E-state index contributed by atoms with van der Waals surface area (Å²) in [6.07, 6.45) is 5.50. The Morgan fingerprint density at radius 2 is 1.66 bits per heavy atom. The summed E-state index contributed by atoms with van der Waals surface area (Å²) in [4.78, 5) is 51.5. The van der Waals surface area contributed by atoms with Crippen molar-refractivity contribution < 1.29 is 23.9 Å². The molecule has 2 saturated carbocycles. The minimum absolute atomic E-state index is 0.265. The first-order valence-corrected chi connectivity index (χ1v) is 10.6. The van der Waals surface area contributed by atoms with Crippen LogP contribution in [0.2, 0.25) is 0 Å². The van der Waals surface area contributed by atoms with E-state index in [-0.39, 0.29) is 36.0 Å². The van der Waals surface area contributed by atoms with Crippen molar-refractivity contribution in [1.82, 2.24) is 9.47 Å². The molecule has 156 valence electrons. The highest BCUT2D eigenvalue weighted by molar-refractivity contribution is 6.08. The maximum Gasteiger partial charge on any atom is 0.329 e. The molecule has 0 N–H and O–H groups in total. The normalized spacial score (nSPS) is 25.1. The van der Waals surface area contributed by atoms with Gasteiger partial charge >= 0.3 is 5.97 Å². The summed E-state index contributed by atoms with van der Waals surface area (Å²) in [6, 6.07) is 1.30. The van der Waals surface area contributed by atoms with Gasteiger partial charge in [-0.25, -0.2) is 4.79 Å². The molecule has 2 amide bonds. The smallest absolute Gasteiger partial charge is 0.329 e. The number of nitrogens with zero attached hydrogens (tertiary/aromatic N) is 2. The van der Waals surface area contributed by atoms with Gasteiger partial charge in [-0.1, -0.05) is 12.8 Å². The van der Waals surface area contributed by atoms with Crippen LogP contribution in [0.3, 0.4) is 0 Å². The van der Waals surface area contributed by atoms with E-state index in [9.17, 15) is 19.2 Å². The van der Waals surface area contributed by atoms with Crippen LogP contribution in [-0.4, -0.2) is 45.7 Å². The number of hydrogen-bond donors (Lipinski definition) is 0. The number of esters is 1. The molecule has 29 heavy (non-hydrogen) atoms. The third kappa shape index (κ3) is 3.40. The van der Waals surface area contributed by atoms with Crippen LogP contribution in [0.5, 0.6) is 0 Å². The molecule has 0 spiro atoms. The fraction of sp³-hybridized carbons (Fsp3) is 0.636. The summed E-state index contributed by atoms with van der Waals surface area (Å²) >= 11 is 0. The highest BCUT2D eigenvalue weighted by Crippen LogP contribution is 2.39.